The van der Waals surface area contributed by atoms with Crippen molar-refractivity contribution >= 4 is 5.97 Å². The van der Waals surface area contributed by atoms with Crippen molar-refractivity contribution in [1.29, 1.82) is 0 Å². The number of rotatable bonds is 8. The summed E-state index contributed by atoms with van der Waals surface area (Å²) in [5, 5.41) is 11.7. The predicted molar refractivity (Wildman–Crippen MR) is 74.3 cm³/mol. The van der Waals surface area contributed by atoms with Crippen molar-refractivity contribution in [1.82, 2.24) is 10.2 Å². The highest BCUT2D eigenvalue weighted by Gasteiger charge is 2.05. The number of aliphatic carboxylic acids is 1. The Hall–Kier alpha value is -1.59. The molecule has 5 nitrogen and oxygen atoms in total. The van der Waals surface area contributed by atoms with Crippen molar-refractivity contribution in [2.75, 3.05) is 27.7 Å². The van der Waals surface area contributed by atoms with Gasteiger partial charge >= 0.3 is 5.97 Å². The molecule has 0 aromatic heterocycles. The number of carboxylic acid groups (broad SMARTS) is 1. The largest absolute Gasteiger partial charge is 0.496 e. The van der Waals surface area contributed by atoms with Crippen LogP contribution in [-0.2, 0) is 17.9 Å². The van der Waals surface area contributed by atoms with Gasteiger partial charge in [0.1, 0.15) is 5.75 Å². The minimum Gasteiger partial charge on any atom is -0.496 e. The number of nitrogens with one attached hydrogen (secondary N) is 1. The first-order valence-electron chi connectivity index (χ1n) is 6.26. The van der Waals surface area contributed by atoms with Crippen molar-refractivity contribution in [3.63, 3.8) is 0 Å². The number of hydrogen-bond acceptors (Lipinski definition) is 4. The topological polar surface area (TPSA) is 61.8 Å². The molecule has 0 heterocycles. The smallest absolute Gasteiger partial charge is 0.304 e. The molecule has 2 N–H and O–H groups in total. The standard InChI is InChI=1S/C14H22N2O3/c1-16(2)10-11-4-5-12(13(8-11)19-3)9-15-7-6-14(17)18/h4-5,8,15H,6-7,9-10H2,1-3H3,(H,17,18). The fourth-order valence-electron chi connectivity index (χ4n) is 1.82. The Balaban J connectivity index is 2.60. The molecule has 0 aliphatic carbocycles. The maximum Gasteiger partial charge on any atom is 0.304 e. The Morgan fingerprint density at radius 2 is 2.16 bits per heavy atom. The van der Waals surface area contributed by atoms with Gasteiger partial charge in [-0.15, -0.1) is 0 Å². The van der Waals surface area contributed by atoms with E-state index in [1.54, 1.807) is 7.11 Å². The van der Waals surface area contributed by atoms with Crippen LogP contribution in [0.3, 0.4) is 0 Å². The molecular formula is C14H22N2O3. The summed E-state index contributed by atoms with van der Waals surface area (Å²) in [7, 11) is 5.69. The predicted octanol–water partition coefficient (Wildman–Crippen LogP) is 1.32. The first-order valence-corrected chi connectivity index (χ1v) is 6.26. The molecule has 0 saturated heterocycles. The normalized spacial score (nSPS) is 10.7. The summed E-state index contributed by atoms with van der Waals surface area (Å²) < 4.78 is 5.37. The molecule has 1 aromatic carbocycles. The van der Waals surface area contributed by atoms with Crippen molar-refractivity contribution in [2.24, 2.45) is 0 Å². The first kappa shape index (κ1) is 15.5. The third-order valence-electron chi connectivity index (χ3n) is 2.68. The van der Waals surface area contributed by atoms with E-state index in [1.807, 2.05) is 26.2 Å². The van der Waals surface area contributed by atoms with Crippen LogP contribution in [0.25, 0.3) is 0 Å². The number of nitrogens with zero attached hydrogens (tertiary/aromatic N) is 1. The van der Waals surface area contributed by atoms with Crippen LogP contribution in [0.15, 0.2) is 18.2 Å². The van der Waals surface area contributed by atoms with E-state index in [0.29, 0.717) is 13.1 Å². The lowest BCUT2D eigenvalue weighted by molar-refractivity contribution is -0.136. The van der Waals surface area contributed by atoms with Gasteiger partial charge in [0.2, 0.25) is 0 Å². The molecule has 0 radical (unpaired) electrons. The zero-order valence-electron chi connectivity index (χ0n) is 11.8. The molecule has 1 rings (SSSR count). The molecule has 0 aliphatic rings. The van der Waals surface area contributed by atoms with E-state index in [-0.39, 0.29) is 6.42 Å². The van der Waals surface area contributed by atoms with Gasteiger partial charge in [-0.1, -0.05) is 12.1 Å². The first-order chi connectivity index (χ1) is 9.02. The number of carbonyl (C=O) groups is 1. The maximum absolute atomic E-state index is 10.4. The lowest BCUT2D eigenvalue weighted by atomic mass is 10.1. The van der Waals surface area contributed by atoms with Crippen LogP contribution in [0.5, 0.6) is 5.75 Å². The summed E-state index contributed by atoms with van der Waals surface area (Å²) in [6.07, 6.45) is 0.126. The van der Waals surface area contributed by atoms with Gasteiger partial charge in [0, 0.05) is 25.2 Å². The number of benzene rings is 1. The van der Waals surface area contributed by atoms with E-state index in [9.17, 15) is 4.79 Å². The van der Waals surface area contributed by atoms with Crippen LogP contribution in [0.1, 0.15) is 17.5 Å². The monoisotopic (exact) mass is 266 g/mol. The van der Waals surface area contributed by atoms with Gasteiger partial charge in [0.15, 0.2) is 0 Å². The number of methoxy groups -OCH3 is 1. The molecule has 0 bridgehead atoms. The molecule has 0 saturated carbocycles. The second kappa shape index (κ2) is 7.76. The van der Waals surface area contributed by atoms with Gasteiger partial charge < -0.3 is 20.1 Å². The molecular weight excluding hydrogens is 244 g/mol. The van der Waals surface area contributed by atoms with Crippen LogP contribution in [0.4, 0.5) is 0 Å². The summed E-state index contributed by atoms with van der Waals surface area (Å²) in [4.78, 5) is 12.5. The Bertz CT molecular complexity index is 419. The summed E-state index contributed by atoms with van der Waals surface area (Å²) >= 11 is 0. The Morgan fingerprint density at radius 3 is 2.74 bits per heavy atom. The Kier molecular flexibility index (Phi) is 6.32. The number of ether oxygens (including phenoxy) is 1. The minimum atomic E-state index is -0.791. The Morgan fingerprint density at radius 1 is 1.42 bits per heavy atom. The van der Waals surface area contributed by atoms with E-state index in [4.69, 9.17) is 9.84 Å². The van der Waals surface area contributed by atoms with Gasteiger partial charge in [-0.2, -0.15) is 0 Å². The maximum atomic E-state index is 10.4. The quantitative estimate of drug-likeness (QED) is 0.695. The summed E-state index contributed by atoms with van der Waals surface area (Å²) in [5.41, 5.74) is 2.23. The van der Waals surface area contributed by atoms with Crippen LogP contribution < -0.4 is 10.1 Å². The van der Waals surface area contributed by atoms with Crippen LogP contribution in [0, 0.1) is 0 Å². The van der Waals surface area contributed by atoms with E-state index in [0.717, 1.165) is 17.9 Å². The van der Waals surface area contributed by atoms with Crippen molar-refractivity contribution < 1.29 is 14.6 Å². The van der Waals surface area contributed by atoms with Crippen LogP contribution in [-0.4, -0.2) is 43.7 Å². The average molecular weight is 266 g/mol. The minimum absolute atomic E-state index is 0.126. The van der Waals surface area contributed by atoms with Crippen LogP contribution in [0.2, 0.25) is 0 Å². The molecule has 0 unspecified atom stereocenters. The van der Waals surface area contributed by atoms with E-state index >= 15 is 0 Å². The summed E-state index contributed by atoms with van der Waals surface area (Å²) in [6, 6.07) is 6.11. The molecule has 106 valence electrons. The van der Waals surface area contributed by atoms with Crippen LogP contribution >= 0.6 is 0 Å². The lowest BCUT2D eigenvalue weighted by Crippen LogP contribution is -2.18. The fourth-order valence-corrected chi connectivity index (χ4v) is 1.82. The number of hydrogen-bond donors (Lipinski definition) is 2. The van der Waals surface area contributed by atoms with Gasteiger partial charge in [0.05, 0.1) is 13.5 Å². The highest BCUT2D eigenvalue weighted by Crippen LogP contribution is 2.20. The lowest BCUT2D eigenvalue weighted by Gasteiger charge is -2.14. The summed E-state index contributed by atoms with van der Waals surface area (Å²) in [5.74, 6) is 0.0444. The van der Waals surface area contributed by atoms with Gasteiger partial charge in [-0.3, -0.25) is 4.79 Å². The second-order valence-electron chi connectivity index (χ2n) is 4.70. The molecule has 1 aromatic rings. The molecule has 0 amide bonds. The second-order valence-corrected chi connectivity index (χ2v) is 4.70. The molecule has 0 atom stereocenters. The molecule has 0 spiro atoms. The van der Waals surface area contributed by atoms with Crippen molar-refractivity contribution in [3.05, 3.63) is 29.3 Å². The summed E-state index contributed by atoms with van der Waals surface area (Å²) in [6.45, 7) is 1.93. The SMILES string of the molecule is COc1cc(CN(C)C)ccc1CNCCC(=O)O. The molecule has 0 aliphatic heterocycles. The van der Waals surface area contributed by atoms with Gasteiger partial charge in [-0.05, 0) is 25.7 Å². The highest BCUT2D eigenvalue weighted by molar-refractivity contribution is 5.66. The zero-order valence-corrected chi connectivity index (χ0v) is 11.8. The van der Waals surface area contributed by atoms with E-state index in [1.165, 1.54) is 5.56 Å². The third-order valence-corrected chi connectivity index (χ3v) is 2.68. The third kappa shape index (κ3) is 5.72. The van der Waals surface area contributed by atoms with E-state index < -0.39 is 5.97 Å². The molecule has 0 fully saturated rings. The van der Waals surface area contributed by atoms with Gasteiger partial charge in [0.25, 0.3) is 0 Å². The number of carboxylic acids is 1. The highest BCUT2D eigenvalue weighted by atomic mass is 16.5. The molecule has 5 heteroatoms. The molecule has 19 heavy (non-hydrogen) atoms. The van der Waals surface area contributed by atoms with Crippen molar-refractivity contribution in [3.8, 4) is 5.75 Å². The average Bonchev–Trinajstić information content (AvgIpc) is 2.34. The van der Waals surface area contributed by atoms with Gasteiger partial charge in [-0.25, -0.2) is 0 Å². The van der Waals surface area contributed by atoms with E-state index in [2.05, 4.69) is 16.3 Å². The Labute approximate surface area is 114 Å². The van der Waals surface area contributed by atoms with Crippen molar-refractivity contribution in [2.45, 2.75) is 19.5 Å². The zero-order chi connectivity index (χ0) is 14.3. The fraction of sp³-hybridized carbons (Fsp3) is 0.500.